The third kappa shape index (κ3) is 2.59. The Kier molecular flexibility index (Phi) is 3.93. The highest BCUT2D eigenvalue weighted by molar-refractivity contribution is 6.08. The number of nitrogens with zero attached hydrogens (tertiary/aromatic N) is 1. The third-order valence-corrected chi connectivity index (χ3v) is 2.86. The first kappa shape index (κ1) is 13.9. The highest BCUT2D eigenvalue weighted by Gasteiger charge is 2.21. The molecule has 0 aliphatic carbocycles. The Hall–Kier alpha value is -2.50. The van der Waals surface area contributed by atoms with Crippen molar-refractivity contribution in [2.45, 2.75) is 0 Å². The van der Waals surface area contributed by atoms with Crippen molar-refractivity contribution < 1.29 is 18.8 Å². The highest BCUT2D eigenvalue weighted by Crippen LogP contribution is 2.30. The van der Waals surface area contributed by atoms with E-state index in [4.69, 9.17) is 9.47 Å². The molecule has 20 heavy (non-hydrogen) atoms. The van der Waals surface area contributed by atoms with Crippen molar-refractivity contribution in [2.24, 2.45) is 0 Å². The fourth-order valence-electron chi connectivity index (χ4n) is 1.90. The van der Waals surface area contributed by atoms with Gasteiger partial charge >= 0.3 is 5.97 Å². The fourth-order valence-corrected chi connectivity index (χ4v) is 1.90. The van der Waals surface area contributed by atoms with E-state index in [2.05, 4.69) is 10.3 Å². The van der Waals surface area contributed by atoms with Crippen molar-refractivity contribution in [3.05, 3.63) is 23.9 Å². The van der Waals surface area contributed by atoms with E-state index in [9.17, 15) is 4.79 Å². The Morgan fingerprint density at radius 2 is 2.10 bits per heavy atom. The molecule has 0 aliphatic heterocycles. The molecular weight excluding hydrogens is 258 g/mol. The van der Waals surface area contributed by atoms with Crippen LogP contribution in [0, 0.1) is 0 Å². The molecular formula is C14H18N3O3+. The Balaban J connectivity index is 2.60. The van der Waals surface area contributed by atoms with Gasteiger partial charge in [-0.05, 0) is 12.1 Å². The van der Waals surface area contributed by atoms with Crippen LogP contribution in [0.2, 0.25) is 0 Å². The monoisotopic (exact) mass is 276 g/mol. The summed E-state index contributed by atoms with van der Waals surface area (Å²) in [5.74, 6) is 0.299. The number of hydrogen-bond acceptors (Lipinski definition) is 3. The lowest BCUT2D eigenvalue weighted by Gasteiger charge is -1.99. The number of ether oxygens (including phenoxy) is 2. The summed E-state index contributed by atoms with van der Waals surface area (Å²) in [6.07, 6.45) is 1.76. The molecule has 6 nitrogen and oxygen atoms in total. The van der Waals surface area contributed by atoms with Crippen LogP contribution in [0.1, 0.15) is 10.5 Å². The van der Waals surface area contributed by atoms with E-state index in [0.717, 1.165) is 16.7 Å². The van der Waals surface area contributed by atoms with Gasteiger partial charge in [-0.25, -0.2) is 10.1 Å². The summed E-state index contributed by atoms with van der Waals surface area (Å²) in [7, 11) is 6.74. The van der Waals surface area contributed by atoms with Crippen molar-refractivity contribution in [3.8, 4) is 5.75 Å². The molecule has 2 rings (SSSR count). The van der Waals surface area contributed by atoms with Crippen LogP contribution in [0.5, 0.6) is 5.75 Å². The molecule has 0 aliphatic rings. The second-order valence-electron chi connectivity index (χ2n) is 4.52. The number of benzene rings is 1. The lowest BCUT2D eigenvalue weighted by Crippen LogP contribution is -2.11. The number of fused-ring (bicyclic) bond motifs is 1. The number of aromatic nitrogens is 1. The molecule has 0 saturated carbocycles. The van der Waals surface area contributed by atoms with Gasteiger partial charge in [0.25, 0.3) is 0 Å². The summed E-state index contributed by atoms with van der Waals surface area (Å²) in [4.78, 5) is 14.9. The Labute approximate surface area is 117 Å². The maximum absolute atomic E-state index is 11.9. The fraction of sp³-hybridized carbons (Fsp3) is 0.286. The molecule has 0 bridgehead atoms. The van der Waals surface area contributed by atoms with Gasteiger partial charge in [-0.2, -0.15) is 0 Å². The number of esters is 1. The van der Waals surface area contributed by atoms with E-state index in [-0.39, 0.29) is 0 Å². The largest absolute Gasteiger partial charge is 0.497 e. The van der Waals surface area contributed by atoms with Crippen molar-refractivity contribution >= 4 is 28.9 Å². The van der Waals surface area contributed by atoms with Gasteiger partial charge in [0.15, 0.2) is 11.4 Å². The first-order valence-electron chi connectivity index (χ1n) is 6.11. The van der Waals surface area contributed by atoms with Crippen LogP contribution in [0.25, 0.3) is 10.9 Å². The first-order chi connectivity index (χ1) is 9.56. The van der Waals surface area contributed by atoms with Crippen LogP contribution < -0.4 is 10.1 Å². The molecule has 2 aromatic rings. The number of anilines is 1. The molecule has 0 saturated heterocycles. The van der Waals surface area contributed by atoms with E-state index in [1.165, 1.54) is 7.11 Å². The molecule has 0 fully saturated rings. The minimum Gasteiger partial charge on any atom is -0.497 e. The third-order valence-electron chi connectivity index (χ3n) is 2.86. The zero-order valence-corrected chi connectivity index (χ0v) is 12.0. The quantitative estimate of drug-likeness (QED) is 0.386. The molecule has 2 N–H and O–H groups in total. The SMILES string of the molecule is COC(=O)c1[nH]c2cc(OC)ccc2c1NC=[N+](C)C. The van der Waals surface area contributed by atoms with Crippen LogP contribution in [-0.2, 0) is 4.74 Å². The van der Waals surface area contributed by atoms with Crippen molar-refractivity contribution in [1.82, 2.24) is 4.98 Å². The number of rotatable bonds is 4. The summed E-state index contributed by atoms with van der Waals surface area (Å²) in [6.45, 7) is 0. The van der Waals surface area contributed by atoms with Crippen LogP contribution in [0.4, 0.5) is 5.69 Å². The number of aromatic amines is 1. The first-order valence-corrected chi connectivity index (χ1v) is 6.11. The van der Waals surface area contributed by atoms with Crippen molar-refractivity contribution in [3.63, 3.8) is 0 Å². The maximum Gasteiger partial charge on any atom is 0.358 e. The van der Waals surface area contributed by atoms with Crippen molar-refractivity contribution in [1.29, 1.82) is 0 Å². The topological polar surface area (TPSA) is 66.4 Å². The van der Waals surface area contributed by atoms with E-state index in [0.29, 0.717) is 11.4 Å². The van der Waals surface area contributed by atoms with E-state index >= 15 is 0 Å². The summed E-state index contributed by atoms with van der Waals surface area (Å²) in [6, 6.07) is 5.57. The predicted octanol–water partition coefficient (Wildman–Crippen LogP) is 1.68. The number of carbonyl (C=O) groups is 1. The Morgan fingerprint density at radius 3 is 2.70 bits per heavy atom. The van der Waals surface area contributed by atoms with Crippen LogP contribution in [0.3, 0.4) is 0 Å². The lowest BCUT2D eigenvalue weighted by atomic mass is 10.2. The summed E-state index contributed by atoms with van der Waals surface area (Å²) in [5.41, 5.74) is 1.87. The Bertz CT molecular complexity index is 670. The zero-order chi connectivity index (χ0) is 14.7. The van der Waals surface area contributed by atoms with Gasteiger partial charge in [-0.15, -0.1) is 0 Å². The normalized spacial score (nSPS) is 10.2. The molecule has 0 atom stereocenters. The molecule has 1 aromatic carbocycles. The van der Waals surface area contributed by atoms with E-state index < -0.39 is 5.97 Å². The van der Waals surface area contributed by atoms with Gasteiger partial charge in [0.2, 0.25) is 6.34 Å². The minimum absolute atomic E-state index is 0.383. The smallest absolute Gasteiger partial charge is 0.358 e. The summed E-state index contributed by atoms with van der Waals surface area (Å²) >= 11 is 0. The number of hydrogen-bond donors (Lipinski definition) is 2. The standard InChI is InChI=1S/C14H17N3O3/c1-17(2)8-15-12-10-6-5-9(19-3)7-11(10)16-13(12)14(18)20-4/h5-8H,1-4H3,(H,16,18)/p+1. The molecule has 106 valence electrons. The molecule has 1 aromatic heterocycles. The average molecular weight is 276 g/mol. The molecule has 1 heterocycles. The minimum atomic E-state index is -0.421. The van der Waals surface area contributed by atoms with Gasteiger partial charge in [-0.3, -0.25) is 4.58 Å². The highest BCUT2D eigenvalue weighted by atomic mass is 16.5. The molecule has 0 unspecified atom stereocenters. The van der Waals surface area contributed by atoms with Crippen LogP contribution in [0.15, 0.2) is 18.2 Å². The van der Waals surface area contributed by atoms with Gasteiger partial charge in [0.1, 0.15) is 5.75 Å². The summed E-state index contributed by atoms with van der Waals surface area (Å²) in [5, 5.41) is 4.01. The molecule has 0 spiro atoms. The second-order valence-corrected chi connectivity index (χ2v) is 4.52. The second kappa shape index (κ2) is 5.64. The van der Waals surface area contributed by atoms with Crippen molar-refractivity contribution in [2.75, 3.05) is 33.6 Å². The predicted molar refractivity (Wildman–Crippen MR) is 78.0 cm³/mol. The molecule has 0 radical (unpaired) electrons. The number of methoxy groups -OCH3 is 2. The molecule has 6 heteroatoms. The van der Waals surface area contributed by atoms with Gasteiger partial charge in [0, 0.05) is 11.5 Å². The molecule has 0 amide bonds. The van der Waals surface area contributed by atoms with Gasteiger partial charge < -0.3 is 14.5 Å². The van der Waals surface area contributed by atoms with Crippen LogP contribution >= 0.6 is 0 Å². The lowest BCUT2D eigenvalue weighted by molar-refractivity contribution is -0.459. The number of H-pyrrole nitrogens is 1. The van der Waals surface area contributed by atoms with E-state index in [1.54, 1.807) is 13.4 Å². The van der Waals surface area contributed by atoms with Crippen LogP contribution in [-0.4, -0.2) is 50.2 Å². The average Bonchev–Trinajstić information content (AvgIpc) is 2.81. The number of nitrogens with one attached hydrogen (secondary N) is 2. The number of carbonyl (C=O) groups excluding carboxylic acids is 1. The maximum atomic E-state index is 11.9. The summed E-state index contributed by atoms with van der Waals surface area (Å²) < 4.78 is 11.8. The van der Waals surface area contributed by atoms with E-state index in [1.807, 2.05) is 36.9 Å². The zero-order valence-electron chi connectivity index (χ0n) is 12.0. The van der Waals surface area contributed by atoms with Gasteiger partial charge in [-0.1, -0.05) is 0 Å². The van der Waals surface area contributed by atoms with Gasteiger partial charge in [0.05, 0.1) is 33.8 Å². The Morgan fingerprint density at radius 1 is 1.35 bits per heavy atom.